The van der Waals surface area contributed by atoms with Gasteiger partial charge >= 0.3 is 0 Å². The van der Waals surface area contributed by atoms with Crippen molar-refractivity contribution >= 4 is 52.7 Å². The van der Waals surface area contributed by atoms with E-state index in [9.17, 15) is 19.2 Å². The molecule has 0 aliphatic carbocycles. The molecule has 0 radical (unpaired) electrons. The van der Waals surface area contributed by atoms with Gasteiger partial charge in [0.2, 0.25) is 11.8 Å². The molecule has 3 aromatic carbocycles. The quantitative estimate of drug-likeness (QED) is 0.524. The minimum Gasteiger partial charge on any atom is -0.326 e. The maximum absolute atomic E-state index is 12.9. The van der Waals surface area contributed by atoms with Crippen LogP contribution in [0, 0.1) is 0 Å². The minimum absolute atomic E-state index is 0.0404. The average Bonchev–Trinajstić information content (AvgIpc) is 3.09. The number of carbonyl (C=O) groups excluding carboxylic acids is 4. The number of hydrogen-bond donors (Lipinski definition) is 1. The highest BCUT2D eigenvalue weighted by molar-refractivity contribution is 6.40. The Hall–Kier alpha value is -4.23. The molecule has 0 unspecified atom stereocenters. The third kappa shape index (κ3) is 4.00. The van der Waals surface area contributed by atoms with Gasteiger partial charge in [0.05, 0.1) is 34.3 Å². The topological polar surface area (TPSA) is 86.8 Å². The van der Waals surface area contributed by atoms with Gasteiger partial charge in [0, 0.05) is 18.8 Å². The van der Waals surface area contributed by atoms with Crippen LogP contribution in [0.4, 0.5) is 11.4 Å². The molecular formula is C27H20ClN3O4. The van der Waals surface area contributed by atoms with Gasteiger partial charge in [-0.3, -0.25) is 19.2 Å². The van der Waals surface area contributed by atoms with Crippen LogP contribution in [0.1, 0.15) is 51.2 Å². The summed E-state index contributed by atoms with van der Waals surface area (Å²) in [6.07, 6.45) is 3.58. The second-order valence-electron chi connectivity index (χ2n) is 8.30. The van der Waals surface area contributed by atoms with E-state index in [4.69, 9.17) is 11.6 Å². The lowest BCUT2D eigenvalue weighted by atomic mass is 9.93. The Morgan fingerprint density at radius 1 is 0.943 bits per heavy atom. The molecule has 3 aromatic rings. The molecule has 1 N–H and O–H groups in total. The summed E-state index contributed by atoms with van der Waals surface area (Å²) in [5.74, 6) is -1.37. The lowest BCUT2D eigenvalue weighted by Gasteiger charge is -2.32. The summed E-state index contributed by atoms with van der Waals surface area (Å²) >= 11 is 6.43. The molecular weight excluding hydrogens is 466 g/mol. The summed E-state index contributed by atoms with van der Waals surface area (Å²) in [7, 11) is 0. The van der Waals surface area contributed by atoms with Crippen LogP contribution in [0.5, 0.6) is 0 Å². The van der Waals surface area contributed by atoms with E-state index < -0.39 is 17.9 Å². The Bertz CT molecular complexity index is 1400. The second kappa shape index (κ2) is 8.85. The molecule has 2 aliphatic rings. The molecule has 2 aliphatic heterocycles. The fourth-order valence-corrected chi connectivity index (χ4v) is 4.74. The summed E-state index contributed by atoms with van der Waals surface area (Å²) in [4.78, 5) is 53.2. The van der Waals surface area contributed by atoms with Gasteiger partial charge in [-0.2, -0.15) is 0 Å². The first-order valence-corrected chi connectivity index (χ1v) is 11.4. The zero-order chi connectivity index (χ0) is 24.7. The van der Waals surface area contributed by atoms with E-state index in [0.29, 0.717) is 16.8 Å². The minimum atomic E-state index is -0.447. The molecule has 4 amide bonds. The standard InChI is InChI=1S/C27H20ClN3O4/c1-16(32)30-13-12-17-6-2-3-7-19(17)24(30)15-25(33)29-18-10-11-23(22(28)14-18)31-26(34)20-8-4-5-9-21(20)27(31)35/h2-14,24H,15H2,1H3,(H,29,33)/t24-/m1/s1. The van der Waals surface area contributed by atoms with Crippen molar-refractivity contribution in [2.75, 3.05) is 10.2 Å². The van der Waals surface area contributed by atoms with Crippen LogP contribution >= 0.6 is 11.6 Å². The predicted molar refractivity (Wildman–Crippen MR) is 133 cm³/mol. The van der Waals surface area contributed by atoms with E-state index in [2.05, 4.69) is 5.32 Å². The molecule has 2 heterocycles. The van der Waals surface area contributed by atoms with E-state index >= 15 is 0 Å². The van der Waals surface area contributed by atoms with E-state index in [0.717, 1.165) is 16.0 Å². The number of hydrogen-bond acceptors (Lipinski definition) is 4. The van der Waals surface area contributed by atoms with E-state index in [1.54, 1.807) is 41.4 Å². The van der Waals surface area contributed by atoms with Crippen LogP contribution in [0.25, 0.3) is 6.08 Å². The third-order valence-corrected chi connectivity index (χ3v) is 6.42. The van der Waals surface area contributed by atoms with Gasteiger partial charge in [0.15, 0.2) is 0 Å². The van der Waals surface area contributed by atoms with Crippen LogP contribution in [0.15, 0.2) is 72.9 Å². The molecule has 0 spiro atoms. The Morgan fingerprint density at radius 3 is 2.26 bits per heavy atom. The normalized spacial score (nSPS) is 16.2. The van der Waals surface area contributed by atoms with Crippen molar-refractivity contribution in [1.29, 1.82) is 0 Å². The first kappa shape index (κ1) is 22.6. The number of imide groups is 1. The number of fused-ring (bicyclic) bond motifs is 2. The number of anilines is 2. The maximum atomic E-state index is 12.9. The number of amides is 4. The van der Waals surface area contributed by atoms with Crippen LogP contribution in [0.2, 0.25) is 5.02 Å². The number of carbonyl (C=O) groups is 4. The SMILES string of the molecule is CC(=O)N1C=Cc2ccccc2[C@H]1CC(=O)Nc1ccc(N2C(=O)c3ccccc3C2=O)c(Cl)c1. The number of rotatable bonds is 4. The van der Waals surface area contributed by atoms with Crippen molar-refractivity contribution in [3.63, 3.8) is 0 Å². The van der Waals surface area contributed by atoms with Gasteiger partial charge in [-0.1, -0.05) is 48.0 Å². The van der Waals surface area contributed by atoms with Crippen LogP contribution in [-0.2, 0) is 9.59 Å². The molecule has 0 bridgehead atoms. The monoisotopic (exact) mass is 485 g/mol. The Labute approximate surface area is 206 Å². The van der Waals surface area contributed by atoms with Gasteiger partial charge in [-0.25, -0.2) is 4.90 Å². The first-order valence-electron chi connectivity index (χ1n) is 11.0. The van der Waals surface area contributed by atoms with E-state index in [1.807, 2.05) is 30.3 Å². The van der Waals surface area contributed by atoms with E-state index in [1.165, 1.54) is 19.1 Å². The highest BCUT2D eigenvalue weighted by atomic mass is 35.5. The molecule has 0 saturated carbocycles. The predicted octanol–water partition coefficient (Wildman–Crippen LogP) is 5.04. The summed E-state index contributed by atoms with van der Waals surface area (Å²) in [6, 6.07) is 18.4. The van der Waals surface area contributed by atoms with Gasteiger partial charge in [-0.05, 0) is 47.5 Å². The first-order chi connectivity index (χ1) is 16.8. The molecule has 5 rings (SSSR count). The Balaban J connectivity index is 1.34. The van der Waals surface area contributed by atoms with Gasteiger partial charge in [-0.15, -0.1) is 0 Å². The zero-order valence-electron chi connectivity index (χ0n) is 18.7. The lowest BCUT2D eigenvalue weighted by molar-refractivity contribution is -0.129. The molecule has 1 atom stereocenters. The third-order valence-electron chi connectivity index (χ3n) is 6.11. The van der Waals surface area contributed by atoms with Gasteiger partial charge < -0.3 is 10.2 Å². The molecule has 35 heavy (non-hydrogen) atoms. The summed E-state index contributed by atoms with van der Waals surface area (Å²) < 4.78 is 0. The Kier molecular flexibility index (Phi) is 5.70. The molecule has 174 valence electrons. The Morgan fingerprint density at radius 2 is 1.60 bits per heavy atom. The smallest absolute Gasteiger partial charge is 0.266 e. The van der Waals surface area contributed by atoms with Crippen LogP contribution in [-0.4, -0.2) is 28.5 Å². The number of benzene rings is 3. The fourth-order valence-electron chi connectivity index (χ4n) is 4.47. The van der Waals surface area contributed by atoms with Crippen LogP contribution in [0.3, 0.4) is 0 Å². The van der Waals surface area contributed by atoms with Crippen molar-refractivity contribution in [3.8, 4) is 0 Å². The highest BCUT2D eigenvalue weighted by Gasteiger charge is 2.37. The van der Waals surface area contributed by atoms with Crippen molar-refractivity contribution < 1.29 is 19.2 Å². The lowest BCUT2D eigenvalue weighted by Crippen LogP contribution is -2.33. The molecule has 8 heteroatoms. The van der Waals surface area contributed by atoms with Crippen molar-refractivity contribution in [3.05, 3.63) is 100 Å². The highest BCUT2D eigenvalue weighted by Crippen LogP contribution is 2.36. The van der Waals surface area contributed by atoms with Crippen molar-refractivity contribution in [1.82, 2.24) is 4.90 Å². The van der Waals surface area contributed by atoms with Crippen LogP contribution < -0.4 is 10.2 Å². The molecule has 0 saturated heterocycles. The average molecular weight is 486 g/mol. The number of nitrogens with one attached hydrogen (secondary N) is 1. The van der Waals surface area contributed by atoms with E-state index in [-0.39, 0.29) is 28.9 Å². The van der Waals surface area contributed by atoms with Gasteiger partial charge in [0.25, 0.3) is 11.8 Å². The molecule has 0 fully saturated rings. The second-order valence-corrected chi connectivity index (χ2v) is 8.70. The summed E-state index contributed by atoms with van der Waals surface area (Å²) in [5.41, 5.74) is 3.14. The fraction of sp³-hybridized carbons (Fsp3) is 0.111. The molecule has 7 nitrogen and oxygen atoms in total. The van der Waals surface area contributed by atoms with Crippen molar-refractivity contribution in [2.24, 2.45) is 0 Å². The largest absolute Gasteiger partial charge is 0.326 e. The maximum Gasteiger partial charge on any atom is 0.266 e. The summed E-state index contributed by atoms with van der Waals surface area (Å²) in [5, 5.41) is 2.95. The molecule has 0 aromatic heterocycles. The van der Waals surface area contributed by atoms with Crippen molar-refractivity contribution in [2.45, 2.75) is 19.4 Å². The van der Waals surface area contributed by atoms with Gasteiger partial charge in [0.1, 0.15) is 0 Å². The summed E-state index contributed by atoms with van der Waals surface area (Å²) in [6.45, 7) is 1.46. The number of halogens is 1. The zero-order valence-corrected chi connectivity index (χ0v) is 19.5. The number of nitrogens with zero attached hydrogens (tertiary/aromatic N) is 2.